The number of benzene rings is 1. The molecule has 1 saturated heterocycles. The van der Waals surface area contributed by atoms with Crippen molar-refractivity contribution in [2.75, 3.05) is 6.54 Å². The number of cyclic esters (lactones) is 1. The highest BCUT2D eigenvalue weighted by Gasteiger charge is 2.38. The summed E-state index contributed by atoms with van der Waals surface area (Å²) in [6.07, 6.45) is 5.08. The van der Waals surface area contributed by atoms with E-state index in [9.17, 15) is 9.59 Å². The van der Waals surface area contributed by atoms with Crippen LogP contribution >= 0.6 is 0 Å². The van der Waals surface area contributed by atoms with Gasteiger partial charge in [-0.25, -0.2) is 4.79 Å². The van der Waals surface area contributed by atoms with Crippen LogP contribution in [-0.2, 0) is 16.0 Å². The average molecular weight is 322 g/mol. The van der Waals surface area contributed by atoms with Crippen molar-refractivity contribution in [3.8, 4) is 0 Å². The first-order chi connectivity index (χ1) is 11.7. The van der Waals surface area contributed by atoms with Gasteiger partial charge in [-0.05, 0) is 42.2 Å². The number of amides is 1. The van der Waals surface area contributed by atoms with Crippen LogP contribution in [0, 0.1) is 0 Å². The standard InChI is InChI=1S/C19H18N2O3/c22-18(17-12-14-4-1-2-5-15(14)19(23)24-17)21-11-3-6-16(21)13-7-9-20-10-8-13/h1-2,4-5,7-10,16-17H,3,6,11-12H2/t16-,17-/m1/s1. The van der Waals surface area contributed by atoms with Gasteiger partial charge in [0, 0.05) is 25.4 Å². The maximum atomic E-state index is 13.0. The maximum Gasteiger partial charge on any atom is 0.339 e. The largest absolute Gasteiger partial charge is 0.448 e. The minimum atomic E-state index is -0.727. The molecule has 5 nitrogen and oxygen atoms in total. The SMILES string of the molecule is O=C1O[C@@H](C(=O)N2CCC[C@@H]2c2ccncc2)Cc2ccccc21. The molecule has 122 valence electrons. The molecule has 0 spiro atoms. The van der Waals surface area contributed by atoms with Crippen LogP contribution in [0.4, 0.5) is 0 Å². The van der Waals surface area contributed by atoms with Gasteiger partial charge in [-0.1, -0.05) is 18.2 Å². The van der Waals surface area contributed by atoms with Crippen molar-refractivity contribution < 1.29 is 14.3 Å². The summed E-state index contributed by atoms with van der Waals surface area (Å²) in [6.45, 7) is 0.696. The third-order valence-electron chi connectivity index (χ3n) is 4.79. The molecule has 1 amide bonds. The maximum absolute atomic E-state index is 13.0. The molecule has 0 N–H and O–H groups in total. The molecule has 2 aliphatic heterocycles. The van der Waals surface area contributed by atoms with Gasteiger partial charge in [-0.3, -0.25) is 9.78 Å². The van der Waals surface area contributed by atoms with E-state index in [4.69, 9.17) is 4.74 Å². The Labute approximate surface area is 140 Å². The van der Waals surface area contributed by atoms with E-state index in [2.05, 4.69) is 4.98 Å². The normalized spacial score (nSPS) is 22.8. The number of rotatable bonds is 2. The minimum absolute atomic E-state index is 0.0383. The minimum Gasteiger partial charge on any atom is -0.448 e. The van der Waals surface area contributed by atoms with E-state index in [1.165, 1.54) is 0 Å². The van der Waals surface area contributed by atoms with Gasteiger partial charge in [0.15, 0.2) is 6.10 Å². The summed E-state index contributed by atoms with van der Waals surface area (Å²) in [4.78, 5) is 31.0. The summed E-state index contributed by atoms with van der Waals surface area (Å²) >= 11 is 0. The van der Waals surface area contributed by atoms with Crippen molar-refractivity contribution >= 4 is 11.9 Å². The lowest BCUT2D eigenvalue weighted by Crippen LogP contribution is -2.44. The summed E-state index contributed by atoms with van der Waals surface area (Å²) in [7, 11) is 0. The summed E-state index contributed by atoms with van der Waals surface area (Å²) in [5.74, 6) is -0.507. The van der Waals surface area contributed by atoms with E-state index in [-0.39, 0.29) is 11.9 Å². The monoisotopic (exact) mass is 322 g/mol. The predicted octanol–water partition coefficient (Wildman–Crippen LogP) is 2.53. The Morgan fingerprint density at radius 3 is 2.79 bits per heavy atom. The Kier molecular flexibility index (Phi) is 3.76. The number of hydrogen-bond acceptors (Lipinski definition) is 4. The summed E-state index contributed by atoms with van der Waals surface area (Å²) in [5, 5.41) is 0. The van der Waals surface area contributed by atoms with Crippen molar-refractivity contribution in [3.63, 3.8) is 0 Å². The highest BCUT2D eigenvalue weighted by Crippen LogP contribution is 2.33. The number of nitrogens with zero attached hydrogens (tertiary/aromatic N) is 2. The fourth-order valence-corrected chi connectivity index (χ4v) is 3.62. The van der Waals surface area contributed by atoms with Gasteiger partial charge in [-0.2, -0.15) is 0 Å². The molecule has 1 fully saturated rings. The highest BCUT2D eigenvalue weighted by molar-refractivity contribution is 5.95. The van der Waals surface area contributed by atoms with Crippen LogP contribution in [0.1, 0.15) is 40.4 Å². The number of hydrogen-bond donors (Lipinski definition) is 0. The number of pyridine rings is 1. The van der Waals surface area contributed by atoms with Crippen LogP contribution in [0.15, 0.2) is 48.8 Å². The molecule has 2 aliphatic rings. The summed E-state index contributed by atoms with van der Waals surface area (Å²) in [5.41, 5.74) is 2.53. The smallest absolute Gasteiger partial charge is 0.339 e. The van der Waals surface area contributed by atoms with E-state index in [1.54, 1.807) is 18.5 Å². The predicted molar refractivity (Wildman–Crippen MR) is 87.3 cm³/mol. The van der Waals surface area contributed by atoms with E-state index < -0.39 is 12.1 Å². The third-order valence-corrected chi connectivity index (χ3v) is 4.79. The highest BCUT2D eigenvalue weighted by atomic mass is 16.5. The van der Waals surface area contributed by atoms with Gasteiger partial charge >= 0.3 is 5.97 Å². The second-order valence-corrected chi connectivity index (χ2v) is 6.23. The molecule has 1 aromatic carbocycles. The van der Waals surface area contributed by atoms with Crippen molar-refractivity contribution in [2.24, 2.45) is 0 Å². The van der Waals surface area contributed by atoms with Crippen LogP contribution in [0.25, 0.3) is 0 Å². The van der Waals surface area contributed by atoms with E-state index in [0.29, 0.717) is 18.5 Å². The van der Waals surface area contributed by atoms with Gasteiger partial charge in [0.05, 0.1) is 11.6 Å². The van der Waals surface area contributed by atoms with Gasteiger partial charge in [0.25, 0.3) is 5.91 Å². The molecular formula is C19H18N2O3. The number of carbonyl (C=O) groups is 2. The number of carbonyl (C=O) groups excluding carboxylic acids is 2. The lowest BCUT2D eigenvalue weighted by Gasteiger charge is -2.31. The fourth-order valence-electron chi connectivity index (χ4n) is 3.62. The lowest BCUT2D eigenvalue weighted by atomic mass is 9.97. The molecule has 0 bridgehead atoms. The first-order valence-electron chi connectivity index (χ1n) is 8.23. The Bertz CT molecular complexity index is 775. The molecule has 5 heteroatoms. The molecule has 24 heavy (non-hydrogen) atoms. The van der Waals surface area contributed by atoms with Gasteiger partial charge < -0.3 is 9.64 Å². The van der Waals surface area contributed by atoms with E-state index >= 15 is 0 Å². The van der Waals surface area contributed by atoms with Crippen LogP contribution < -0.4 is 0 Å². The average Bonchev–Trinajstić information content (AvgIpc) is 3.11. The summed E-state index contributed by atoms with van der Waals surface area (Å²) in [6, 6.07) is 11.2. The molecule has 0 radical (unpaired) electrons. The fraction of sp³-hybridized carbons (Fsp3) is 0.316. The number of likely N-dealkylation sites (tertiary alicyclic amines) is 1. The molecule has 2 atom stereocenters. The first kappa shape index (κ1) is 14.9. The molecule has 3 heterocycles. The van der Waals surface area contributed by atoms with Crippen LogP contribution in [0.2, 0.25) is 0 Å². The van der Waals surface area contributed by atoms with Gasteiger partial charge in [0.2, 0.25) is 0 Å². The topological polar surface area (TPSA) is 59.5 Å². The molecular weight excluding hydrogens is 304 g/mol. The molecule has 2 aromatic rings. The third kappa shape index (κ3) is 2.56. The number of esters is 1. The zero-order chi connectivity index (χ0) is 16.5. The molecule has 4 rings (SSSR count). The Hall–Kier alpha value is -2.69. The molecule has 1 aromatic heterocycles. The lowest BCUT2D eigenvalue weighted by molar-refractivity contribution is -0.142. The van der Waals surface area contributed by atoms with Crippen molar-refractivity contribution in [3.05, 3.63) is 65.5 Å². The Morgan fingerprint density at radius 2 is 1.96 bits per heavy atom. The second-order valence-electron chi connectivity index (χ2n) is 6.23. The zero-order valence-electron chi connectivity index (χ0n) is 13.2. The van der Waals surface area contributed by atoms with Crippen LogP contribution in [0.5, 0.6) is 0 Å². The molecule has 0 saturated carbocycles. The van der Waals surface area contributed by atoms with Crippen molar-refractivity contribution in [2.45, 2.75) is 31.4 Å². The zero-order valence-corrected chi connectivity index (χ0v) is 13.2. The quantitative estimate of drug-likeness (QED) is 0.797. The Balaban J connectivity index is 1.57. The summed E-state index contributed by atoms with van der Waals surface area (Å²) < 4.78 is 5.43. The van der Waals surface area contributed by atoms with Gasteiger partial charge in [0.1, 0.15) is 0 Å². The first-order valence-corrected chi connectivity index (χ1v) is 8.23. The number of ether oxygens (including phenoxy) is 1. The number of aromatic nitrogens is 1. The van der Waals surface area contributed by atoms with E-state index in [0.717, 1.165) is 24.0 Å². The van der Waals surface area contributed by atoms with Crippen LogP contribution in [-0.4, -0.2) is 34.4 Å². The second kappa shape index (κ2) is 6.07. The number of fused-ring (bicyclic) bond motifs is 1. The Morgan fingerprint density at radius 1 is 1.17 bits per heavy atom. The molecule has 0 aliphatic carbocycles. The van der Waals surface area contributed by atoms with Crippen LogP contribution in [0.3, 0.4) is 0 Å². The van der Waals surface area contributed by atoms with Crippen molar-refractivity contribution in [1.29, 1.82) is 0 Å². The molecule has 0 unspecified atom stereocenters. The van der Waals surface area contributed by atoms with Gasteiger partial charge in [-0.15, -0.1) is 0 Å². The van der Waals surface area contributed by atoms with E-state index in [1.807, 2.05) is 35.2 Å². The van der Waals surface area contributed by atoms with Crippen molar-refractivity contribution in [1.82, 2.24) is 9.88 Å².